The van der Waals surface area contributed by atoms with Crippen LogP contribution in [0.1, 0.15) is 29.1 Å². The molecule has 142 valence electrons. The molecule has 8 heteroatoms. The highest BCUT2D eigenvalue weighted by Gasteiger charge is 2.15. The second-order valence-corrected chi connectivity index (χ2v) is 9.09. The number of aryl methyl sites for hydroxylation is 2. The first-order chi connectivity index (χ1) is 13.5. The first kappa shape index (κ1) is 18.6. The molecule has 0 amide bonds. The molecule has 0 spiro atoms. The van der Waals surface area contributed by atoms with Crippen molar-refractivity contribution in [1.29, 1.82) is 0 Å². The van der Waals surface area contributed by atoms with Crippen LogP contribution in [0.3, 0.4) is 0 Å². The van der Waals surface area contributed by atoms with Crippen LogP contribution in [0.2, 0.25) is 0 Å². The maximum Gasteiger partial charge on any atom is 0.258 e. The lowest BCUT2D eigenvalue weighted by Gasteiger charge is -2.09. The third-order valence-corrected chi connectivity index (χ3v) is 6.49. The second kappa shape index (κ2) is 7.73. The molecule has 6 nitrogen and oxygen atoms in total. The van der Waals surface area contributed by atoms with Crippen molar-refractivity contribution >= 4 is 44.8 Å². The van der Waals surface area contributed by atoms with E-state index in [1.165, 1.54) is 34.2 Å². The predicted octanol–water partition coefficient (Wildman–Crippen LogP) is 4.99. The molecule has 0 aliphatic carbocycles. The summed E-state index contributed by atoms with van der Waals surface area (Å²) >= 11 is 3.00. The van der Waals surface area contributed by atoms with E-state index in [0.29, 0.717) is 16.7 Å². The average Bonchev–Trinajstić information content (AvgIpc) is 3.11. The van der Waals surface area contributed by atoms with Crippen molar-refractivity contribution in [2.75, 3.05) is 5.32 Å². The number of para-hydroxylation sites is 1. The van der Waals surface area contributed by atoms with Gasteiger partial charge in [-0.05, 0) is 56.2 Å². The van der Waals surface area contributed by atoms with Gasteiger partial charge < -0.3 is 10.3 Å². The lowest BCUT2D eigenvalue weighted by Crippen LogP contribution is -2.12. The molecule has 0 bridgehead atoms. The SMILES string of the molecule is Cc1ccc(Nc2nnc(S[C@H](C)c3nc4ccccc4c(=O)[nH]3)s2)cc1C. The fourth-order valence-electron chi connectivity index (χ4n) is 2.75. The van der Waals surface area contributed by atoms with Gasteiger partial charge in [0.25, 0.3) is 5.56 Å². The van der Waals surface area contributed by atoms with E-state index in [1.54, 1.807) is 6.07 Å². The standard InChI is InChI=1S/C20H19N5OS2/c1-11-8-9-14(10-12(11)2)21-19-24-25-20(28-19)27-13(3)17-22-16-7-5-4-6-15(16)18(26)23-17/h4-10,13H,1-3H3,(H,21,24)(H,22,23,26)/t13-/m1/s1. The maximum atomic E-state index is 12.3. The Labute approximate surface area is 170 Å². The van der Waals surface area contributed by atoms with Gasteiger partial charge in [-0.15, -0.1) is 10.2 Å². The molecule has 2 aromatic heterocycles. The normalized spacial score (nSPS) is 12.2. The smallest absolute Gasteiger partial charge is 0.258 e. The Balaban J connectivity index is 1.50. The van der Waals surface area contributed by atoms with Gasteiger partial charge in [0, 0.05) is 5.69 Å². The summed E-state index contributed by atoms with van der Waals surface area (Å²) in [5.41, 5.74) is 4.05. The number of fused-ring (bicyclic) bond motifs is 1. The number of rotatable bonds is 5. The van der Waals surface area contributed by atoms with Crippen molar-refractivity contribution in [3.63, 3.8) is 0 Å². The molecule has 28 heavy (non-hydrogen) atoms. The average molecular weight is 410 g/mol. The Hall–Kier alpha value is -2.71. The van der Waals surface area contributed by atoms with E-state index in [9.17, 15) is 4.79 Å². The number of hydrogen-bond acceptors (Lipinski definition) is 7. The van der Waals surface area contributed by atoms with Gasteiger partial charge in [0.15, 0.2) is 4.34 Å². The number of anilines is 2. The Bertz CT molecular complexity index is 1200. The van der Waals surface area contributed by atoms with Crippen molar-refractivity contribution in [3.8, 4) is 0 Å². The highest BCUT2D eigenvalue weighted by molar-refractivity contribution is 8.01. The summed E-state index contributed by atoms with van der Waals surface area (Å²) in [6.07, 6.45) is 0. The molecule has 4 aromatic rings. The molecule has 0 aliphatic rings. The van der Waals surface area contributed by atoms with Crippen LogP contribution in [0.15, 0.2) is 51.6 Å². The molecule has 2 N–H and O–H groups in total. The first-order valence-electron chi connectivity index (χ1n) is 8.83. The van der Waals surface area contributed by atoms with Crippen LogP contribution >= 0.6 is 23.1 Å². The minimum Gasteiger partial charge on any atom is -0.330 e. The monoisotopic (exact) mass is 409 g/mol. The Morgan fingerprint density at radius 1 is 1.11 bits per heavy atom. The zero-order chi connectivity index (χ0) is 19.7. The van der Waals surface area contributed by atoms with E-state index in [1.807, 2.05) is 31.2 Å². The Morgan fingerprint density at radius 3 is 2.75 bits per heavy atom. The van der Waals surface area contributed by atoms with Crippen LogP contribution < -0.4 is 10.9 Å². The minimum absolute atomic E-state index is 0.0558. The Kier molecular flexibility index (Phi) is 5.15. The predicted molar refractivity (Wildman–Crippen MR) is 116 cm³/mol. The van der Waals surface area contributed by atoms with Crippen LogP contribution in [0.25, 0.3) is 10.9 Å². The summed E-state index contributed by atoms with van der Waals surface area (Å²) in [5, 5.41) is 13.0. The summed E-state index contributed by atoms with van der Waals surface area (Å²) in [7, 11) is 0. The molecule has 2 aromatic carbocycles. The van der Waals surface area contributed by atoms with Gasteiger partial charge in [0.05, 0.1) is 16.2 Å². The number of aromatic nitrogens is 4. The van der Waals surface area contributed by atoms with Crippen LogP contribution in [0.4, 0.5) is 10.8 Å². The quantitative estimate of drug-likeness (QED) is 0.452. The van der Waals surface area contributed by atoms with Gasteiger partial charge in [-0.25, -0.2) is 4.98 Å². The van der Waals surface area contributed by atoms with Gasteiger partial charge in [-0.1, -0.05) is 41.3 Å². The van der Waals surface area contributed by atoms with E-state index in [-0.39, 0.29) is 10.8 Å². The third kappa shape index (κ3) is 3.93. The highest BCUT2D eigenvalue weighted by atomic mass is 32.2. The molecular weight excluding hydrogens is 390 g/mol. The van der Waals surface area contributed by atoms with Crippen LogP contribution in [-0.2, 0) is 0 Å². The molecule has 1 atom stereocenters. The van der Waals surface area contributed by atoms with Crippen molar-refractivity contribution in [2.24, 2.45) is 0 Å². The second-order valence-electron chi connectivity index (χ2n) is 6.53. The summed E-state index contributed by atoms with van der Waals surface area (Å²) < 4.78 is 0.814. The number of H-pyrrole nitrogens is 1. The molecule has 0 saturated heterocycles. The van der Waals surface area contributed by atoms with Crippen molar-refractivity contribution in [3.05, 3.63) is 69.8 Å². The van der Waals surface area contributed by atoms with Crippen molar-refractivity contribution in [2.45, 2.75) is 30.4 Å². The van der Waals surface area contributed by atoms with E-state index >= 15 is 0 Å². The van der Waals surface area contributed by atoms with Crippen LogP contribution in [0, 0.1) is 13.8 Å². The molecule has 4 rings (SSSR count). The van der Waals surface area contributed by atoms with Gasteiger partial charge in [0.2, 0.25) is 5.13 Å². The molecule has 0 saturated carbocycles. The largest absolute Gasteiger partial charge is 0.330 e. The van der Waals surface area contributed by atoms with Crippen molar-refractivity contribution in [1.82, 2.24) is 20.2 Å². The Morgan fingerprint density at radius 2 is 1.93 bits per heavy atom. The molecule has 2 heterocycles. The van der Waals surface area contributed by atoms with Crippen LogP contribution in [0.5, 0.6) is 0 Å². The van der Waals surface area contributed by atoms with Gasteiger partial charge in [-0.2, -0.15) is 0 Å². The zero-order valence-corrected chi connectivity index (χ0v) is 17.3. The fourth-order valence-corrected chi connectivity index (χ4v) is 4.73. The summed E-state index contributed by atoms with van der Waals surface area (Å²) in [4.78, 5) is 19.7. The van der Waals surface area contributed by atoms with Gasteiger partial charge in [0.1, 0.15) is 5.82 Å². The maximum absolute atomic E-state index is 12.3. The molecular formula is C20H19N5OS2. The zero-order valence-electron chi connectivity index (χ0n) is 15.7. The number of nitrogens with zero attached hydrogens (tertiary/aromatic N) is 3. The number of aromatic amines is 1. The minimum atomic E-state index is -0.123. The van der Waals surface area contributed by atoms with Gasteiger partial charge in [-0.3, -0.25) is 4.79 Å². The van der Waals surface area contributed by atoms with E-state index < -0.39 is 0 Å². The molecule has 0 unspecified atom stereocenters. The van der Waals surface area contributed by atoms with Crippen LogP contribution in [-0.4, -0.2) is 20.2 Å². The lowest BCUT2D eigenvalue weighted by molar-refractivity contribution is 0.916. The number of nitrogens with one attached hydrogen (secondary N) is 2. The van der Waals surface area contributed by atoms with E-state index in [0.717, 1.165) is 15.2 Å². The summed E-state index contributed by atoms with van der Waals surface area (Å²) in [6, 6.07) is 13.5. The van der Waals surface area contributed by atoms with Gasteiger partial charge >= 0.3 is 0 Å². The summed E-state index contributed by atoms with van der Waals surface area (Å²) in [5.74, 6) is 0.632. The summed E-state index contributed by atoms with van der Waals surface area (Å²) in [6.45, 7) is 6.17. The van der Waals surface area contributed by atoms with E-state index in [2.05, 4.69) is 51.5 Å². The molecule has 0 aliphatic heterocycles. The number of hydrogen-bond donors (Lipinski definition) is 2. The lowest BCUT2D eigenvalue weighted by atomic mass is 10.1. The highest BCUT2D eigenvalue weighted by Crippen LogP contribution is 2.36. The fraction of sp³-hybridized carbons (Fsp3) is 0.200. The molecule has 0 fully saturated rings. The number of benzene rings is 2. The third-order valence-electron chi connectivity index (χ3n) is 4.46. The van der Waals surface area contributed by atoms with E-state index in [4.69, 9.17) is 0 Å². The topological polar surface area (TPSA) is 83.6 Å². The first-order valence-corrected chi connectivity index (χ1v) is 10.5. The molecule has 0 radical (unpaired) electrons. The number of thioether (sulfide) groups is 1. The van der Waals surface area contributed by atoms with Crippen molar-refractivity contribution < 1.29 is 0 Å².